The van der Waals surface area contributed by atoms with Crippen LogP contribution in [-0.2, 0) is 17.8 Å². The highest BCUT2D eigenvalue weighted by Crippen LogP contribution is 2.08. The van der Waals surface area contributed by atoms with Crippen molar-refractivity contribution < 1.29 is 9.53 Å². The van der Waals surface area contributed by atoms with Crippen LogP contribution in [0.15, 0.2) is 61.2 Å². The first-order chi connectivity index (χ1) is 14.1. The van der Waals surface area contributed by atoms with Crippen LogP contribution in [0.5, 0.6) is 6.01 Å². The lowest BCUT2D eigenvalue weighted by atomic mass is 10.1. The Hall–Kier alpha value is -3.72. The third kappa shape index (κ3) is 6.74. The van der Waals surface area contributed by atoms with Gasteiger partial charge in [0.2, 0.25) is 5.91 Å². The second-order valence-electron chi connectivity index (χ2n) is 6.66. The van der Waals surface area contributed by atoms with Gasteiger partial charge in [-0.3, -0.25) is 9.78 Å². The summed E-state index contributed by atoms with van der Waals surface area (Å²) < 4.78 is 5.54. The molecule has 2 heterocycles. The Morgan fingerprint density at radius 1 is 1.03 bits per heavy atom. The summed E-state index contributed by atoms with van der Waals surface area (Å²) in [6, 6.07) is 12.2. The van der Waals surface area contributed by atoms with E-state index in [0.717, 1.165) is 23.1 Å². The molecule has 0 bridgehead atoms. The molecule has 0 saturated carbocycles. The fourth-order valence-corrected chi connectivity index (χ4v) is 2.71. The molecule has 1 atom stereocenters. The summed E-state index contributed by atoms with van der Waals surface area (Å²) in [5, 5.41) is 2.88. The van der Waals surface area contributed by atoms with E-state index < -0.39 is 0 Å². The molecule has 0 aliphatic rings. The van der Waals surface area contributed by atoms with Gasteiger partial charge < -0.3 is 10.1 Å². The van der Waals surface area contributed by atoms with Crippen LogP contribution in [0.4, 0.5) is 0 Å². The van der Waals surface area contributed by atoms with Crippen LogP contribution in [0, 0.1) is 11.8 Å². The molecule has 2 aromatic heterocycles. The molecule has 6 nitrogen and oxygen atoms in total. The van der Waals surface area contributed by atoms with Crippen LogP contribution in [0.3, 0.4) is 0 Å². The summed E-state index contributed by atoms with van der Waals surface area (Å²) in [6.07, 6.45) is 7.52. The molecule has 1 aromatic carbocycles. The van der Waals surface area contributed by atoms with Crippen molar-refractivity contribution in [2.24, 2.45) is 0 Å². The fraction of sp³-hybridized carbons (Fsp3) is 0.217. The molecular formula is C23H22N4O2. The third-order valence-corrected chi connectivity index (χ3v) is 4.02. The zero-order valence-electron chi connectivity index (χ0n) is 16.4. The van der Waals surface area contributed by atoms with Crippen molar-refractivity contribution in [3.8, 4) is 17.9 Å². The molecule has 0 aliphatic carbocycles. The fourth-order valence-electron chi connectivity index (χ4n) is 2.71. The predicted octanol–water partition coefficient (Wildman–Crippen LogP) is 2.92. The van der Waals surface area contributed by atoms with E-state index in [-0.39, 0.29) is 11.9 Å². The molecule has 0 fully saturated rings. The average molecular weight is 386 g/mol. The second-order valence-corrected chi connectivity index (χ2v) is 6.66. The minimum atomic E-state index is -0.0179. The molecule has 1 unspecified atom stereocenters. The number of pyridine rings is 1. The number of rotatable bonds is 6. The lowest BCUT2D eigenvalue weighted by Gasteiger charge is -2.12. The molecule has 0 saturated heterocycles. The first kappa shape index (κ1) is 20.0. The first-order valence-electron chi connectivity index (χ1n) is 9.30. The molecule has 0 spiro atoms. The molecular weight excluding hydrogens is 364 g/mol. The Labute approximate surface area is 170 Å². The average Bonchev–Trinajstić information content (AvgIpc) is 2.73. The summed E-state index contributed by atoms with van der Waals surface area (Å²) in [5.74, 6) is 6.14. The predicted molar refractivity (Wildman–Crippen MR) is 110 cm³/mol. The van der Waals surface area contributed by atoms with Gasteiger partial charge in [-0.1, -0.05) is 30.0 Å². The SMILES string of the molecule is CC(=O)NC(C)Cc1ccc(C#Cc2cnc(OCc3cccnc3)nc2)cc1. The van der Waals surface area contributed by atoms with Crippen LogP contribution in [0.1, 0.15) is 36.1 Å². The Bertz CT molecular complexity index is 991. The third-order valence-electron chi connectivity index (χ3n) is 4.02. The normalized spacial score (nSPS) is 11.1. The van der Waals surface area contributed by atoms with Gasteiger partial charge in [-0.25, -0.2) is 9.97 Å². The smallest absolute Gasteiger partial charge is 0.316 e. The highest BCUT2D eigenvalue weighted by Gasteiger charge is 2.04. The summed E-state index contributed by atoms with van der Waals surface area (Å²) in [4.78, 5) is 23.5. The Kier molecular flexibility index (Phi) is 6.90. The Balaban J connectivity index is 1.54. The maximum Gasteiger partial charge on any atom is 0.316 e. The standard InChI is InChI=1S/C23H22N4O2/c1-17(27-18(2)28)12-20-8-5-19(6-9-20)7-10-21-14-25-23(26-15-21)29-16-22-4-3-11-24-13-22/h3-6,8-9,11,13-15,17H,12,16H2,1-2H3,(H,27,28). The number of amides is 1. The molecule has 146 valence electrons. The molecule has 6 heteroatoms. The van der Waals surface area contributed by atoms with Crippen LogP contribution < -0.4 is 10.1 Å². The number of nitrogens with one attached hydrogen (secondary N) is 1. The van der Waals surface area contributed by atoms with Gasteiger partial charge in [0.05, 0.1) is 5.56 Å². The molecule has 3 aromatic rings. The van der Waals surface area contributed by atoms with Crippen LogP contribution in [0.2, 0.25) is 0 Å². The topological polar surface area (TPSA) is 77.0 Å². The van der Waals surface area contributed by atoms with Gasteiger partial charge in [0.25, 0.3) is 0 Å². The van der Waals surface area contributed by atoms with Crippen molar-refractivity contribution in [2.45, 2.75) is 32.9 Å². The summed E-state index contributed by atoms with van der Waals surface area (Å²) in [5.41, 5.74) is 3.71. The van der Waals surface area contributed by atoms with Crippen molar-refractivity contribution in [1.82, 2.24) is 20.3 Å². The van der Waals surface area contributed by atoms with E-state index in [9.17, 15) is 4.79 Å². The Morgan fingerprint density at radius 2 is 1.76 bits per heavy atom. The van der Waals surface area contributed by atoms with E-state index in [0.29, 0.717) is 18.2 Å². The van der Waals surface area contributed by atoms with Gasteiger partial charge in [0, 0.05) is 48.9 Å². The van der Waals surface area contributed by atoms with Gasteiger partial charge in [0.1, 0.15) is 6.61 Å². The number of hydrogen-bond donors (Lipinski definition) is 1. The van der Waals surface area contributed by atoms with Crippen molar-refractivity contribution in [3.63, 3.8) is 0 Å². The number of carbonyl (C=O) groups is 1. The van der Waals surface area contributed by atoms with E-state index >= 15 is 0 Å². The van der Waals surface area contributed by atoms with Crippen molar-refractivity contribution in [1.29, 1.82) is 0 Å². The maximum absolute atomic E-state index is 11.1. The highest BCUT2D eigenvalue weighted by atomic mass is 16.5. The molecule has 0 aliphatic heterocycles. The van der Waals surface area contributed by atoms with E-state index in [4.69, 9.17) is 4.74 Å². The number of aromatic nitrogens is 3. The molecule has 1 amide bonds. The highest BCUT2D eigenvalue weighted by molar-refractivity contribution is 5.73. The second kappa shape index (κ2) is 10.00. The summed E-state index contributed by atoms with van der Waals surface area (Å²) >= 11 is 0. The van der Waals surface area contributed by atoms with E-state index in [2.05, 4.69) is 32.1 Å². The maximum atomic E-state index is 11.1. The summed E-state index contributed by atoms with van der Waals surface area (Å²) in [7, 11) is 0. The molecule has 1 N–H and O–H groups in total. The number of benzene rings is 1. The minimum absolute atomic E-state index is 0.0179. The van der Waals surface area contributed by atoms with Crippen molar-refractivity contribution >= 4 is 5.91 Å². The van der Waals surface area contributed by atoms with Gasteiger partial charge in [0.15, 0.2) is 0 Å². The zero-order chi connectivity index (χ0) is 20.5. The molecule has 29 heavy (non-hydrogen) atoms. The number of nitrogens with zero attached hydrogens (tertiary/aromatic N) is 3. The van der Waals surface area contributed by atoms with Crippen LogP contribution in [0.25, 0.3) is 0 Å². The minimum Gasteiger partial charge on any atom is -0.459 e. The van der Waals surface area contributed by atoms with Crippen molar-refractivity contribution in [2.75, 3.05) is 0 Å². The van der Waals surface area contributed by atoms with Gasteiger partial charge >= 0.3 is 6.01 Å². The van der Waals surface area contributed by atoms with Gasteiger partial charge in [-0.05, 0) is 37.1 Å². The number of hydrogen-bond acceptors (Lipinski definition) is 5. The van der Waals surface area contributed by atoms with E-state index in [1.165, 1.54) is 6.92 Å². The van der Waals surface area contributed by atoms with Crippen LogP contribution in [-0.4, -0.2) is 26.9 Å². The van der Waals surface area contributed by atoms with E-state index in [1.54, 1.807) is 24.8 Å². The Morgan fingerprint density at radius 3 is 2.41 bits per heavy atom. The van der Waals surface area contributed by atoms with E-state index in [1.807, 2.05) is 43.3 Å². The lowest BCUT2D eigenvalue weighted by molar-refractivity contribution is -0.119. The number of carbonyl (C=O) groups excluding carboxylic acids is 1. The molecule has 3 rings (SSSR count). The van der Waals surface area contributed by atoms with Crippen LogP contribution >= 0.6 is 0 Å². The quantitative estimate of drug-likeness (QED) is 0.659. The first-order valence-corrected chi connectivity index (χ1v) is 9.30. The van der Waals surface area contributed by atoms with Gasteiger partial charge in [-0.15, -0.1) is 0 Å². The zero-order valence-corrected chi connectivity index (χ0v) is 16.4. The monoisotopic (exact) mass is 386 g/mol. The summed E-state index contributed by atoms with van der Waals surface area (Å²) in [6.45, 7) is 3.88. The molecule has 0 radical (unpaired) electrons. The van der Waals surface area contributed by atoms with Gasteiger partial charge in [-0.2, -0.15) is 0 Å². The van der Waals surface area contributed by atoms with Crippen molar-refractivity contribution in [3.05, 3.63) is 83.4 Å². The number of ether oxygens (including phenoxy) is 1. The lowest BCUT2D eigenvalue weighted by Crippen LogP contribution is -2.31. The largest absolute Gasteiger partial charge is 0.459 e.